The van der Waals surface area contributed by atoms with Gasteiger partial charge in [-0.15, -0.1) is 0 Å². The summed E-state index contributed by atoms with van der Waals surface area (Å²) < 4.78 is 37.3. The van der Waals surface area contributed by atoms with Gasteiger partial charge in [-0.1, -0.05) is 18.2 Å². The van der Waals surface area contributed by atoms with Crippen molar-refractivity contribution in [1.82, 2.24) is 4.98 Å². The second kappa shape index (κ2) is 3.73. The average molecular weight is 241 g/mol. The van der Waals surface area contributed by atoms with Crippen LogP contribution in [0.3, 0.4) is 0 Å². The van der Waals surface area contributed by atoms with Gasteiger partial charge in [-0.3, -0.25) is 0 Å². The molecule has 1 aromatic heterocycles. The number of alkyl halides is 3. The molecule has 0 aliphatic rings. The minimum absolute atomic E-state index is 0.158. The zero-order valence-electron chi connectivity index (χ0n) is 8.32. The van der Waals surface area contributed by atoms with Gasteiger partial charge in [0.1, 0.15) is 5.69 Å². The second-order valence-corrected chi connectivity index (χ2v) is 3.38. The lowest BCUT2D eigenvalue weighted by molar-refractivity contribution is -0.140. The first-order valence-electron chi connectivity index (χ1n) is 4.60. The number of carboxylic acids is 1. The zero-order chi connectivity index (χ0) is 12.6. The first-order chi connectivity index (χ1) is 7.89. The highest BCUT2D eigenvalue weighted by molar-refractivity contribution is 6.01. The van der Waals surface area contributed by atoms with Gasteiger partial charge >= 0.3 is 12.1 Å². The maximum atomic E-state index is 12.4. The number of pyridine rings is 1. The van der Waals surface area contributed by atoms with Crippen molar-refractivity contribution in [2.45, 2.75) is 6.18 Å². The largest absolute Gasteiger partial charge is 0.478 e. The molecule has 1 N–H and O–H groups in total. The van der Waals surface area contributed by atoms with E-state index in [-0.39, 0.29) is 11.1 Å². The van der Waals surface area contributed by atoms with Crippen molar-refractivity contribution in [3.63, 3.8) is 0 Å². The van der Waals surface area contributed by atoms with Gasteiger partial charge in [0, 0.05) is 5.39 Å². The highest BCUT2D eigenvalue weighted by Gasteiger charge is 2.32. The van der Waals surface area contributed by atoms with Crippen LogP contribution < -0.4 is 0 Å². The molecule has 2 aromatic rings. The fourth-order valence-electron chi connectivity index (χ4n) is 1.48. The third-order valence-corrected chi connectivity index (χ3v) is 2.24. The molecule has 3 nitrogen and oxygen atoms in total. The molecular weight excluding hydrogens is 235 g/mol. The van der Waals surface area contributed by atoms with Crippen LogP contribution in [0.1, 0.15) is 16.1 Å². The Kier molecular flexibility index (Phi) is 2.49. The molecule has 0 aliphatic heterocycles. The molecule has 0 unspecified atom stereocenters. The highest BCUT2D eigenvalue weighted by atomic mass is 19.4. The number of fused-ring (bicyclic) bond motifs is 1. The van der Waals surface area contributed by atoms with Crippen molar-refractivity contribution in [2.24, 2.45) is 0 Å². The third-order valence-electron chi connectivity index (χ3n) is 2.24. The quantitative estimate of drug-likeness (QED) is 0.835. The van der Waals surface area contributed by atoms with Crippen LogP contribution in [0, 0.1) is 0 Å². The molecule has 0 saturated heterocycles. The number of halogens is 3. The molecule has 0 saturated carbocycles. The summed E-state index contributed by atoms with van der Waals surface area (Å²) in [6, 6.07) is 6.22. The fraction of sp³-hybridized carbons (Fsp3) is 0.0909. The molecule has 0 spiro atoms. The Morgan fingerprint density at radius 3 is 2.47 bits per heavy atom. The molecule has 6 heteroatoms. The van der Waals surface area contributed by atoms with Crippen LogP contribution in [0.4, 0.5) is 13.2 Å². The lowest BCUT2D eigenvalue weighted by Crippen LogP contribution is -2.09. The van der Waals surface area contributed by atoms with Crippen molar-refractivity contribution in [3.05, 3.63) is 41.6 Å². The minimum atomic E-state index is -4.58. The zero-order valence-corrected chi connectivity index (χ0v) is 8.32. The van der Waals surface area contributed by atoms with Gasteiger partial charge in [-0.05, 0) is 12.1 Å². The van der Waals surface area contributed by atoms with E-state index in [9.17, 15) is 18.0 Å². The van der Waals surface area contributed by atoms with E-state index in [1.807, 2.05) is 0 Å². The normalized spacial score (nSPS) is 11.7. The summed E-state index contributed by atoms with van der Waals surface area (Å²) in [5.41, 5.74) is -1.50. The number of aromatic carboxylic acids is 1. The molecule has 0 amide bonds. The lowest BCUT2D eigenvalue weighted by Gasteiger charge is -2.07. The van der Waals surface area contributed by atoms with Crippen LogP contribution in [0.5, 0.6) is 0 Å². The molecule has 0 aliphatic carbocycles. The number of rotatable bonds is 1. The van der Waals surface area contributed by atoms with E-state index >= 15 is 0 Å². The number of carboxylic acid groups (broad SMARTS) is 1. The summed E-state index contributed by atoms with van der Waals surface area (Å²) in [4.78, 5) is 14.2. The van der Waals surface area contributed by atoms with E-state index in [4.69, 9.17) is 5.11 Å². The summed E-state index contributed by atoms with van der Waals surface area (Å²) in [5.74, 6) is -1.30. The van der Waals surface area contributed by atoms with Crippen molar-refractivity contribution in [3.8, 4) is 0 Å². The maximum absolute atomic E-state index is 12.4. The van der Waals surface area contributed by atoms with E-state index in [2.05, 4.69) is 4.98 Å². The molecule has 88 valence electrons. The second-order valence-electron chi connectivity index (χ2n) is 3.38. The molecule has 0 bridgehead atoms. The number of hydrogen-bond donors (Lipinski definition) is 1. The van der Waals surface area contributed by atoms with Gasteiger partial charge in [0.05, 0.1) is 11.1 Å². The van der Waals surface area contributed by atoms with Crippen LogP contribution in [-0.2, 0) is 6.18 Å². The van der Waals surface area contributed by atoms with E-state index in [0.29, 0.717) is 5.39 Å². The van der Waals surface area contributed by atoms with Gasteiger partial charge in [-0.25, -0.2) is 9.78 Å². The number of hydrogen-bond acceptors (Lipinski definition) is 2. The summed E-state index contributed by atoms with van der Waals surface area (Å²) in [5, 5.41) is 9.21. The van der Waals surface area contributed by atoms with Gasteiger partial charge in [-0.2, -0.15) is 13.2 Å². The number of benzene rings is 1. The Bertz CT molecular complexity index is 593. The van der Waals surface area contributed by atoms with E-state index in [0.717, 1.165) is 6.07 Å². The smallest absolute Gasteiger partial charge is 0.433 e. The number of aromatic nitrogens is 1. The Balaban J connectivity index is 2.75. The van der Waals surface area contributed by atoms with Crippen LogP contribution in [0.2, 0.25) is 0 Å². The Labute approximate surface area is 93.5 Å². The van der Waals surface area contributed by atoms with Crippen LogP contribution in [-0.4, -0.2) is 16.1 Å². The summed E-state index contributed by atoms with van der Waals surface area (Å²) >= 11 is 0. The topological polar surface area (TPSA) is 50.2 Å². The highest BCUT2D eigenvalue weighted by Crippen LogP contribution is 2.29. The molecule has 1 aromatic carbocycles. The van der Waals surface area contributed by atoms with Crippen molar-refractivity contribution >= 4 is 16.9 Å². The first-order valence-corrected chi connectivity index (χ1v) is 4.60. The summed E-state index contributed by atoms with van der Waals surface area (Å²) in [6.45, 7) is 0. The molecule has 17 heavy (non-hydrogen) atoms. The number of para-hydroxylation sites is 1. The van der Waals surface area contributed by atoms with Crippen LogP contribution in [0.25, 0.3) is 10.9 Å². The summed E-state index contributed by atoms with van der Waals surface area (Å²) in [7, 11) is 0. The molecule has 2 rings (SSSR count). The van der Waals surface area contributed by atoms with Crippen LogP contribution in [0.15, 0.2) is 30.3 Å². The van der Waals surface area contributed by atoms with Crippen molar-refractivity contribution in [2.75, 3.05) is 0 Å². The molecule has 1 heterocycles. The molecule has 0 fully saturated rings. The van der Waals surface area contributed by atoms with E-state index in [1.54, 1.807) is 0 Å². The number of nitrogens with zero attached hydrogens (tertiary/aromatic N) is 1. The lowest BCUT2D eigenvalue weighted by atomic mass is 10.1. The van der Waals surface area contributed by atoms with Gasteiger partial charge < -0.3 is 5.11 Å². The standard InChI is InChI=1S/C11H6F3NO2/c12-11(13,14)8-5-4-6-2-1-3-7(10(16)17)9(6)15-8/h1-5H,(H,16,17). The third kappa shape index (κ3) is 2.06. The average Bonchev–Trinajstić information content (AvgIpc) is 2.26. The Hall–Kier alpha value is -2.11. The van der Waals surface area contributed by atoms with Gasteiger partial charge in [0.25, 0.3) is 0 Å². The maximum Gasteiger partial charge on any atom is 0.433 e. The van der Waals surface area contributed by atoms with Gasteiger partial charge in [0.15, 0.2) is 0 Å². The molecule has 0 atom stereocenters. The monoisotopic (exact) mass is 241 g/mol. The molecular formula is C11H6F3NO2. The minimum Gasteiger partial charge on any atom is -0.478 e. The summed E-state index contributed by atoms with van der Waals surface area (Å²) in [6.07, 6.45) is -4.58. The van der Waals surface area contributed by atoms with Crippen molar-refractivity contribution in [1.29, 1.82) is 0 Å². The predicted octanol–water partition coefficient (Wildman–Crippen LogP) is 2.95. The first kappa shape index (κ1) is 11.4. The Morgan fingerprint density at radius 2 is 1.88 bits per heavy atom. The van der Waals surface area contributed by atoms with Gasteiger partial charge in [0.2, 0.25) is 0 Å². The SMILES string of the molecule is O=C(O)c1cccc2ccc(C(F)(F)F)nc12. The predicted molar refractivity (Wildman–Crippen MR) is 53.7 cm³/mol. The van der Waals surface area contributed by atoms with Crippen molar-refractivity contribution < 1.29 is 23.1 Å². The molecule has 0 radical (unpaired) electrons. The fourth-order valence-corrected chi connectivity index (χ4v) is 1.48. The van der Waals surface area contributed by atoms with Crippen LogP contribution >= 0.6 is 0 Å². The number of carbonyl (C=O) groups is 1. The van der Waals surface area contributed by atoms with E-state index in [1.165, 1.54) is 24.3 Å². The Morgan fingerprint density at radius 1 is 1.18 bits per heavy atom. The van der Waals surface area contributed by atoms with E-state index < -0.39 is 17.8 Å².